The molecule has 2 aromatic rings. The van der Waals surface area contributed by atoms with Crippen LogP contribution >= 0.6 is 11.3 Å². The fourth-order valence-electron chi connectivity index (χ4n) is 1.47. The number of aryl methyl sites for hydroxylation is 1. The fourth-order valence-corrected chi connectivity index (χ4v) is 2.13. The van der Waals surface area contributed by atoms with Crippen molar-refractivity contribution in [2.75, 3.05) is 6.54 Å². The number of hydrogen-bond donors (Lipinski definition) is 1. The zero-order chi connectivity index (χ0) is 10.5. The van der Waals surface area contributed by atoms with Gasteiger partial charge in [0.2, 0.25) is 0 Å². The summed E-state index contributed by atoms with van der Waals surface area (Å²) in [6.45, 7) is 4.94. The summed E-state index contributed by atoms with van der Waals surface area (Å²) >= 11 is 1.74. The van der Waals surface area contributed by atoms with Gasteiger partial charge in [0.1, 0.15) is 5.82 Å². The molecular formula is C11H15N3S. The summed E-state index contributed by atoms with van der Waals surface area (Å²) < 4.78 is 2.15. The van der Waals surface area contributed by atoms with Crippen molar-refractivity contribution in [3.05, 3.63) is 40.6 Å². The van der Waals surface area contributed by atoms with Gasteiger partial charge in [0.25, 0.3) is 0 Å². The maximum Gasteiger partial charge on any atom is 0.105 e. The third kappa shape index (κ3) is 2.91. The van der Waals surface area contributed by atoms with Crippen LogP contribution in [-0.4, -0.2) is 16.1 Å². The van der Waals surface area contributed by atoms with Crippen LogP contribution in [0, 0.1) is 6.92 Å². The molecule has 0 unspecified atom stereocenters. The van der Waals surface area contributed by atoms with Crippen LogP contribution in [0.5, 0.6) is 0 Å². The van der Waals surface area contributed by atoms with Crippen molar-refractivity contribution >= 4 is 11.3 Å². The number of rotatable bonds is 5. The lowest BCUT2D eigenvalue weighted by Gasteiger charge is -2.05. The molecule has 0 aliphatic rings. The average molecular weight is 221 g/mol. The predicted octanol–water partition coefficient (Wildman–Crippen LogP) is 2.04. The third-order valence-electron chi connectivity index (χ3n) is 2.36. The SMILES string of the molecule is Cc1nccn1CCNCc1ccsc1. The van der Waals surface area contributed by atoms with Gasteiger partial charge in [0.05, 0.1) is 0 Å². The van der Waals surface area contributed by atoms with E-state index in [2.05, 4.69) is 31.7 Å². The maximum atomic E-state index is 4.18. The lowest BCUT2D eigenvalue weighted by molar-refractivity contribution is 0.588. The highest BCUT2D eigenvalue weighted by atomic mass is 32.1. The van der Waals surface area contributed by atoms with E-state index < -0.39 is 0 Å². The van der Waals surface area contributed by atoms with Crippen LogP contribution in [-0.2, 0) is 13.1 Å². The van der Waals surface area contributed by atoms with Gasteiger partial charge in [-0.15, -0.1) is 0 Å². The van der Waals surface area contributed by atoms with Gasteiger partial charge in [-0.1, -0.05) is 0 Å². The van der Waals surface area contributed by atoms with Gasteiger partial charge in [0, 0.05) is 32.0 Å². The molecule has 2 heterocycles. The van der Waals surface area contributed by atoms with E-state index >= 15 is 0 Å². The van der Waals surface area contributed by atoms with E-state index in [0.717, 1.165) is 25.5 Å². The molecule has 0 bridgehead atoms. The molecule has 15 heavy (non-hydrogen) atoms. The molecule has 0 aliphatic carbocycles. The minimum absolute atomic E-state index is 0.956. The van der Waals surface area contributed by atoms with Crippen molar-refractivity contribution in [1.29, 1.82) is 0 Å². The van der Waals surface area contributed by atoms with Gasteiger partial charge in [-0.25, -0.2) is 4.98 Å². The molecule has 0 saturated heterocycles. The normalized spacial score (nSPS) is 10.7. The van der Waals surface area contributed by atoms with Crippen LogP contribution < -0.4 is 5.32 Å². The van der Waals surface area contributed by atoms with E-state index in [9.17, 15) is 0 Å². The van der Waals surface area contributed by atoms with Crippen LogP contribution in [0.2, 0.25) is 0 Å². The molecule has 0 fully saturated rings. The van der Waals surface area contributed by atoms with E-state index in [1.165, 1.54) is 5.56 Å². The standard InChI is InChI=1S/C11H15N3S/c1-10-13-4-6-14(10)5-3-12-8-11-2-7-15-9-11/h2,4,6-7,9,12H,3,5,8H2,1H3. The minimum Gasteiger partial charge on any atom is -0.334 e. The second-order valence-electron chi connectivity index (χ2n) is 3.48. The number of nitrogens with zero attached hydrogens (tertiary/aromatic N) is 2. The number of hydrogen-bond acceptors (Lipinski definition) is 3. The molecule has 2 aromatic heterocycles. The Morgan fingerprint density at radius 2 is 2.47 bits per heavy atom. The quantitative estimate of drug-likeness (QED) is 0.783. The van der Waals surface area contributed by atoms with Crippen LogP contribution in [0.3, 0.4) is 0 Å². The number of thiophene rings is 1. The lowest BCUT2D eigenvalue weighted by atomic mass is 10.3. The van der Waals surface area contributed by atoms with Crippen molar-refractivity contribution in [3.8, 4) is 0 Å². The Hall–Kier alpha value is -1.13. The average Bonchev–Trinajstić information content (AvgIpc) is 2.85. The molecule has 0 saturated carbocycles. The van der Waals surface area contributed by atoms with Crippen molar-refractivity contribution < 1.29 is 0 Å². The molecule has 1 N–H and O–H groups in total. The van der Waals surface area contributed by atoms with Gasteiger partial charge in [-0.3, -0.25) is 0 Å². The largest absolute Gasteiger partial charge is 0.334 e. The van der Waals surface area contributed by atoms with Crippen LogP contribution in [0.4, 0.5) is 0 Å². The topological polar surface area (TPSA) is 29.9 Å². The first-order chi connectivity index (χ1) is 7.36. The van der Waals surface area contributed by atoms with Crippen molar-refractivity contribution in [1.82, 2.24) is 14.9 Å². The molecular weight excluding hydrogens is 206 g/mol. The van der Waals surface area contributed by atoms with Gasteiger partial charge >= 0.3 is 0 Å². The molecule has 0 aliphatic heterocycles. The monoisotopic (exact) mass is 221 g/mol. The number of nitrogens with one attached hydrogen (secondary N) is 1. The molecule has 0 radical (unpaired) electrons. The summed E-state index contributed by atoms with van der Waals surface area (Å²) in [6, 6.07) is 2.15. The summed E-state index contributed by atoms with van der Waals surface area (Å²) in [4.78, 5) is 4.18. The molecule has 80 valence electrons. The summed E-state index contributed by atoms with van der Waals surface area (Å²) in [5.41, 5.74) is 1.36. The highest BCUT2D eigenvalue weighted by molar-refractivity contribution is 7.07. The van der Waals surface area contributed by atoms with Crippen LogP contribution in [0.15, 0.2) is 29.2 Å². The Morgan fingerprint density at radius 1 is 1.53 bits per heavy atom. The minimum atomic E-state index is 0.956. The van der Waals surface area contributed by atoms with Gasteiger partial charge in [-0.05, 0) is 29.3 Å². The Kier molecular flexibility index (Phi) is 3.53. The van der Waals surface area contributed by atoms with E-state index in [-0.39, 0.29) is 0 Å². The van der Waals surface area contributed by atoms with Crippen molar-refractivity contribution in [2.45, 2.75) is 20.0 Å². The molecule has 2 rings (SSSR count). The summed E-state index contributed by atoms with van der Waals surface area (Å²) in [5.74, 6) is 1.08. The molecule has 0 atom stereocenters. The van der Waals surface area contributed by atoms with E-state index in [1.807, 2.05) is 19.3 Å². The first kappa shape index (κ1) is 10.4. The zero-order valence-electron chi connectivity index (χ0n) is 8.81. The summed E-state index contributed by atoms with van der Waals surface area (Å²) in [5, 5.41) is 7.70. The zero-order valence-corrected chi connectivity index (χ0v) is 9.63. The molecule has 3 nitrogen and oxygen atoms in total. The Balaban J connectivity index is 1.70. The Labute approximate surface area is 93.8 Å². The maximum absolute atomic E-state index is 4.18. The highest BCUT2D eigenvalue weighted by Gasteiger charge is 1.96. The second kappa shape index (κ2) is 5.09. The van der Waals surface area contributed by atoms with E-state index in [0.29, 0.717) is 0 Å². The Bertz CT molecular complexity index is 392. The highest BCUT2D eigenvalue weighted by Crippen LogP contribution is 2.04. The van der Waals surface area contributed by atoms with Crippen LogP contribution in [0.25, 0.3) is 0 Å². The summed E-state index contributed by atoms with van der Waals surface area (Å²) in [6.07, 6.45) is 3.86. The number of imidazole rings is 1. The van der Waals surface area contributed by atoms with Gasteiger partial charge < -0.3 is 9.88 Å². The molecule has 4 heteroatoms. The molecule has 0 aromatic carbocycles. The summed E-state index contributed by atoms with van der Waals surface area (Å²) in [7, 11) is 0. The molecule has 0 amide bonds. The lowest BCUT2D eigenvalue weighted by Crippen LogP contribution is -2.19. The Morgan fingerprint density at radius 3 is 3.13 bits per heavy atom. The fraction of sp³-hybridized carbons (Fsp3) is 0.364. The van der Waals surface area contributed by atoms with Crippen molar-refractivity contribution in [2.24, 2.45) is 0 Å². The van der Waals surface area contributed by atoms with Gasteiger partial charge in [-0.2, -0.15) is 11.3 Å². The first-order valence-electron chi connectivity index (χ1n) is 5.06. The van der Waals surface area contributed by atoms with Crippen LogP contribution in [0.1, 0.15) is 11.4 Å². The smallest absolute Gasteiger partial charge is 0.105 e. The molecule has 0 spiro atoms. The van der Waals surface area contributed by atoms with E-state index in [1.54, 1.807) is 11.3 Å². The van der Waals surface area contributed by atoms with Crippen molar-refractivity contribution in [3.63, 3.8) is 0 Å². The predicted molar refractivity (Wildman–Crippen MR) is 63.0 cm³/mol. The number of aromatic nitrogens is 2. The third-order valence-corrected chi connectivity index (χ3v) is 3.09. The van der Waals surface area contributed by atoms with E-state index in [4.69, 9.17) is 0 Å². The first-order valence-corrected chi connectivity index (χ1v) is 6.00. The van der Waals surface area contributed by atoms with Gasteiger partial charge in [0.15, 0.2) is 0 Å². The second-order valence-corrected chi connectivity index (χ2v) is 4.26.